The van der Waals surface area contributed by atoms with E-state index in [1.807, 2.05) is 56.4 Å². The van der Waals surface area contributed by atoms with Crippen LogP contribution in [0.5, 0.6) is 5.75 Å². The Hall–Kier alpha value is -2.71. The number of hydrogen-bond acceptors (Lipinski definition) is 5. The first-order chi connectivity index (χ1) is 13.4. The smallest absolute Gasteiger partial charge is 0.243 e. The number of sulfonamides is 1. The Balaban J connectivity index is 1.37. The van der Waals surface area contributed by atoms with Gasteiger partial charge in [-0.15, -0.1) is 5.10 Å². The van der Waals surface area contributed by atoms with Crippen LogP contribution >= 0.6 is 0 Å². The number of rotatable bonds is 6. The van der Waals surface area contributed by atoms with Crippen molar-refractivity contribution in [2.75, 3.05) is 13.1 Å². The number of ether oxygens (including phenoxy) is 1. The zero-order valence-corrected chi connectivity index (χ0v) is 16.6. The van der Waals surface area contributed by atoms with E-state index < -0.39 is 10.0 Å². The van der Waals surface area contributed by atoms with Crippen molar-refractivity contribution in [3.63, 3.8) is 0 Å². The number of aromatic nitrogens is 3. The van der Waals surface area contributed by atoms with Gasteiger partial charge in [0, 0.05) is 13.1 Å². The predicted molar refractivity (Wildman–Crippen MR) is 105 cm³/mol. The highest BCUT2D eigenvalue weighted by atomic mass is 32.2. The van der Waals surface area contributed by atoms with Crippen molar-refractivity contribution in [2.45, 2.75) is 31.4 Å². The van der Waals surface area contributed by atoms with Crippen molar-refractivity contribution in [1.82, 2.24) is 19.3 Å². The highest BCUT2D eigenvalue weighted by Gasteiger charge is 2.38. The Morgan fingerprint density at radius 1 is 1.07 bits per heavy atom. The molecule has 0 spiro atoms. The second-order valence-electron chi connectivity index (χ2n) is 7.01. The zero-order valence-electron chi connectivity index (χ0n) is 15.8. The molecule has 0 amide bonds. The van der Waals surface area contributed by atoms with Crippen LogP contribution in [0.15, 0.2) is 59.6 Å². The van der Waals surface area contributed by atoms with Crippen molar-refractivity contribution in [3.05, 3.63) is 71.5 Å². The van der Waals surface area contributed by atoms with E-state index >= 15 is 0 Å². The Morgan fingerprint density at radius 3 is 2.54 bits per heavy atom. The normalized spacial score (nSPS) is 15.4. The number of aryl methyl sites for hydroxylation is 2. The number of nitrogens with zero attached hydrogens (tertiary/aromatic N) is 4. The van der Waals surface area contributed by atoms with E-state index in [2.05, 4.69) is 10.3 Å². The van der Waals surface area contributed by atoms with Crippen molar-refractivity contribution < 1.29 is 13.2 Å². The van der Waals surface area contributed by atoms with Crippen LogP contribution in [0.25, 0.3) is 0 Å². The van der Waals surface area contributed by atoms with Gasteiger partial charge in [0.05, 0.1) is 17.1 Å². The molecular formula is C20H22N4O3S. The van der Waals surface area contributed by atoms with E-state index in [1.165, 1.54) is 4.31 Å². The van der Waals surface area contributed by atoms with Crippen LogP contribution in [0.1, 0.15) is 22.9 Å². The molecule has 2 aromatic carbocycles. The van der Waals surface area contributed by atoms with Crippen LogP contribution < -0.4 is 4.74 Å². The molecule has 1 saturated heterocycles. The van der Waals surface area contributed by atoms with Gasteiger partial charge in [0.2, 0.25) is 10.0 Å². The molecular weight excluding hydrogens is 376 g/mol. The Bertz CT molecular complexity index is 1070. The average molecular weight is 398 g/mol. The second kappa shape index (κ2) is 7.37. The van der Waals surface area contributed by atoms with Gasteiger partial charge >= 0.3 is 0 Å². The van der Waals surface area contributed by atoms with Gasteiger partial charge in [0.1, 0.15) is 18.1 Å². The maximum absolute atomic E-state index is 12.8. The number of benzene rings is 2. The van der Waals surface area contributed by atoms with Crippen LogP contribution in [0, 0.1) is 13.8 Å². The summed E-state index contributed by atoms with van der Waals surface area (Å²) in [6.07, 6.45) is 1.81. The number of para-hydroxylation sites is 1. The Labute approximate surface area is 164 Å². The fourth-order valence-electron chi connectivity index (χ4n) is 3.04. The third kappa shape index (κ3) is 3.65. The van der Waals surface area contributed by atoms with Gasteiger partial charge in [0.25, 0.3) is 0 Å². The van der Waals surface area contributed by atoms with Crippen molar-refractivity contribution in [2.24, 2.45) is 0 Å². The molecule has 0 N–H and O–H groups in total. The second-order valence-corrected chi connectivity index (χ2v) is 8.95. The van der Waals surface area contributed by atoms with Crippen molar-refractivity contribution >= 4 is 10.0 Å². The number of hydrogen-bond donors (Lipinski definition) is 0. The molecule has 0 atom stereocenters. The zero-order chi connectivity index (χ0) is 19.7. The minimum absolute atomic E-state index is 0.0145. The molecule has 0 bridgehead atoms. The average Bonchev–Trinajstić information content (AvgIpc) is 3.10. The lowest BCUT2D eigenvalue weighted by atomic mass is 10.1. The van der Waals surface area contributed by atoms with Crippen LogP contribution in [0.2, 0.25) is 0 Å². The van der Waals surface area contributed by atoms with Crippen molar-refractivity contribution in [1.29, 1.82) is 0 Å². The summed E-state index contributed by atoms with van der Waals surface area (Å²) in [5.74, 6) is 0.770. The summed E-state index contributed by atoms with van der Waals surface area (Å²) < 4.78 is 34.4. The van der Waals surface area contributed by atoms with Crippen LogP contribution in [-0.2, 0) is 16.6 Å². The third-order valence-electron chi connectivity index (χ3n) is 5.01. The lowest BCUT2D eigenvalue weighted by Crippen LogP contribution is -2.50. The van der Waals surface area contributed by atoms with E-state index in [-0.39, 0.29) is 6.04 Å². The molecule has 0 unspecified atom stereocenters. The lowest BCUT2D eigenvalue weighted by Gasteiger charge is -2.37. The van der Waals surface area contributed by atoms with E-state index in [9.17, 15) is 8.42 Å². The third-order valence-corrected chi connectivity index (χ3v) is 6.83. The van der Waals surface area contributed by atoms with Crippen LogP contribution in [0.3, 0.4) is 0 Å². The van der Waals surface area contributed by atoms with Gasteiger partial charge in [-0.3, -0.25) is 0 Å². The summed E-state index contributed by atoms with van der Waals surface area (Å²) in [7, 11) is -3.47. The lowest BCUT2D eigenvalue weighted by molar-refractivity contribution is 0.188. The molecule has 0 radical (unpaired) electrons. The molecule has 8 heteroatoms. The van der Waals surface area contributed by atoms with E-state index in [1.54, 1.807) is 16.8 Å². The van der Waals surface area contributed by atoms with Crippen molar-refractivity contribution in [3.8, 4) is 5.75 Å². The monoisotopic (exact) mass is 398 g/mol. The van der Waals surface area contributed by atoms with Gasteiger partial charge in [0.15, 0.2) is 0 Å². The molecule has 2 heterocycles. The first kappa shape index (κ1) is 18.6. The molecule has 3 aromatic rings. The fourth-order valence-corrected chi connectivity index (χ4v) is 4.64. The maximum Gasteiger partial charge on any atom is 0.243 e. The maximum atomic E-state index is 12.8. The quantitative estimate of drug-likeness (QED) is 0.638. The molecule has 0 saturated carbocycles. The highest BCUT2D eigenvalue weighted by molar-refractivity contribution is 7.89. The fraction of sp³-hybridized carbons (Fsp3) is 0.300. The molecule has 146 valence electrons. The van der Waals surface area contributed by atoms with E-state index in [0.717, 1.165) is 16.9 Å². The topological polar surface area (TPSA) is 77.3 Å². The summed E-state index contributed by atoms with van der Waals surface area (Å²) in [5.41, 5.74) is 2.75. The summed E-state index contributed by atoms with van der Waals surface area (Å²) >= 11 is 0. The van der Waals surface area contributed by atoms with Crippen LogP contribution in [-0.4, -0.2) is 40.8 Å². The molecule has 1 aliphatic rings. The van der Waals surface area contributed by atoms with E-state index in [0.29, 0.717) is 30.3 Å². The molecule has 0 aliphatic carbocycles. The molecule has 4 rings (SSSR count). The first-order valence-corrected chi connectivity index (χ1v) is 10.5. The summed E-state index contributed by atoms with van der Waals surface area (Å²) in [5, 5.41) is 8.25. The highest BCUT2D eigenvalue weighted by Crippen LogP contribution is 2.28. The molecule has 1 fully saturated rings. The summed E-state index contributed by atoms with van der Waals surface area (Å²) in [6, 6.07) is 14.7. The molecule has 28 heavy (non-hydrogen) atoms. The minimum Gasteiger partial charge on any atom is -0.487 e. The van der Waals surface area contributed by atoms with Gasteiger partial charge in [-0.2, -0.15) is 4.31 Å². The largest absolute Gasteiger partial charge is 0.487 e. The van der Waals surface area contributed by atoms with Crippen LogP contribution in [0.4, 0.5) is 0 Å². The standard InChI is InChI=1S/C20H22N4O3S/c1-15-8-9-20(10-16(15)2)28(25,26)23-12-18(13-23)24-11-17(21-22-24)14-27-19-6-4-3-5-7-19/h3-11,18H,12-14H2,1-2H3. The van der Waals surface area contributed by atoms with Gasteiger partial charge in [-0.1, -0.05) is 29.5 Å². The predicted octanol–water partition coefficient (Wildman–Crippen LogP) is 2.72. The minimum atomic E-state index is -3.47. The van der Waals surface area contributed by atoms with Gasteiger partial charge < -0.3 is 4.74 Å². The summed E-state index contributed by atoms with van der Waals surface area (Å²) in [4.78, 5) is 0.338. The molecule has 1 aromatic heterocycles. The molecule has 1 aliphatic heterocycles. The first-order valence-electron chi connectivity index (χ1n) is 9.09. The SMILES string of the molecule is Cc1ccc(S(=O)(=O)N2CC(n3cc(COc4ccccc4)nn3)C2)cc1C. The molecule has 7 nitrogen and oxygen atoms in total. The van der Waals surface area contributed by atoms with E-state index in [4.69, 9.17) is 4.74 Å². The van der Waals surface area contributed by atoms with Gasteiger partial charge in [-0.25, -0.2) is 13.1 Å². The summed E-state index contributed by atoms with van der Waals surface area (Å²) in [6.45, 7) is 4.98. The van der Waals surface area contributed by atoms with Gasteiger partial charge in [-0.05, 0) is 49.2 Å². The Morgan fingerprint density at radius 2 is 1.82 bits per heavy atom. The Kier molecular flexibility index (Phi) is 4.91.